The average Bonchev–Trinajstić information content (AvgIpc) is 3.16. The first-order valence-corrected chi connectivity index (χ1v) is 12.3. The van der Waals surface area contributed by atoms with E-state index in [1.54, 1.807) is 55.6 Å². The molecule has 3 heterocycles. The molecule has 0 amide bonds. The van der Waals surface area contributed by atoms with E-state index in [9.17, 15) is 29.4 Å². The Balaban J connectivity index is 1.67. The van der Waals surface area contributed by atoms with Crippen LogP contribution < -0.4 is 11.2 Å². The van der Waals surface area contributed by atoms with Crippen molar-refractivity contribution in [2.75, 3.05) is 0 Å². The van der Waals surface area contributed by atoms with Crippen LogP contribution in [-0.4, -0.2) is 35.9 Å². The van der Waals surface area contributed by atoms with Crippen LogP contribution >= 0.6 is 0 Å². The van der Waals surface area contributed by atoms with Crippen LogP contribution in [0.4, 0.5) is 0 Å². The SMILES string of the molecule is Cc1c(-c2ccc(O)cc2)c2ccccn2c1C(=O)c1ccc2c(=O)n(C(C(=O)O)C(C)(C)C)c(=O)[nH]c2c1. The van der Waals surface area contributed by atoms with Crippen LogP contribution in [-0.2, 0) is 4.79 Å². The van der Waals surface area contributed by atoms with E-state index in [0.717, 1.165) is 26.8 Å². The Morgan fingerprint density at radius 1 is 0.974 bits per heavy atom. The summed E-state index contributed by atoms with van der Waals surface area (Å²) in [7, 11) is 0. The number of ketones is 1. The Labute approximate surface area is 222 Å². The van der Waals surface area contributed by atoms with Crippen LogP contribution in [0, 0.1) is 12.3 Å². The molecule has 0 bridgehead atoms. The summed E-state index contributed by atoms with van der Waals surface area (Å²) in [5.74, 6) is -1.47. The first kappa shape index (κ1) is 25.7. The first-order chi connectivity index (χ1) is 18.4. The first-order valence-electron chi connectivity index (χ1n) is 12.3. The Morgan fingerprint density at radius 3 is 2.31 bits per heavy atom. The summed E-state index contributed by atoms with van der Waals surface area (Å²) in [4.78, 5) is 54.7. The van der Waals surface area contributed by atoms with Crippen molar-refractivity contribution in [1.82, 2.24) is 14.0 Å². The molecule has 3 aromatic heterocycles. The second kappa shape index (κ2) is 9.13. The third kappa shape index (κ3) is 4.21. The molecule has 0 saturated carbocycles. The molecule has 2 aromatic carbocycles. The lowest BCUT2D eigenvalue weighted by atomic mass is 9.86. The van der Waals surface area contributed by atoms with E-state index in [2.05, 4.69) is 4.98 Å². The number of phenols is 1. The Kier molecular flexibility index (Phi) is 6.02. The van der Waals surface area contributed by atoms with E-state index >= 15 is 0 Å². The number of carbonyl (C=O) groups excluding carboxylic acids is 1. The van der Waals surface area contributed by atoms with Gasteiger partial charge in [-0.3, -0.25) is 9.59 Å². The quantitative estimate of drug-likeness (QED) is 0.289. The van der Waals surface area contributed by atoms with Gasteiger partial charge in [0.25, 0.3) is 5.56 Å². The maximum Gasteiger partial charge on any atom is 0.329 e. The standard InChI is InChI=1S/C30H27N3O6/c1-16-23(17-8-11-19(34)12-9-17)22-7-5-6-14-32(22)24(16)25(35)18-10-13-20-21(15-18)31-29(39)33(27(20)36)26(28(37)38)30(2,3)4/h5-15,26,34H,1-4H3,(H,31,39)(H,37,38). The van der Waals surface area contributed by atoms with Crippen LogP contribution in [0.2, 0.25) is 0 Å². The molecular weight excluding hydrogens is 498 g/mol. The normalized spacial score (nSPS) is 12.6. The Bertz CT molecular complexity index is 1900. The smallest absolute Gasteiger partial charge is 0.329 e. The molecular formula is C30H27N3O6. The monoisotopic (exact) mass is 525 g/mol. The molecule has 3 N–H and O–H groups in total. The van der Waals surface area contributed by atoms with E-state index in [-0.39, 0.29) is 28.0 Å². The minimum atomic E-state index is -1.38. The number of H-pyrrole nitrogens is 1. The van der Waals surface area contributed by atoms with Crippen molar-refractivity contribution in [3.8, 4) is 16.9 Å². The fourth-order valence-corrected chi connectivity index (χ4v) is 5.22. The average molecular weight is 526 g/mol. The highest BCUT2D eigenvalue weighted by Crippen LogP contribution is 2.35. The van der Waals surface area contributed by atoms with Gasteiger partial charge in [0.1, 0.15) is 11.8 Å². The molecule has 39 heavy (non-hydrogen) atoms. The maximum atomic E-state index is 13.9. The van der Waals surface area contributed by atoms with E-state index in [4.69, 9.17) is 0 Å². The van der Waals surface area contributed by atoms with Gasteiger partial charge in [-0.05, 0) is 59.9 Å². The molecule has 0 aliphatic heterocycles. The number of hydrogen-bond acceptors (Lipinski definition) is 5. The van der Waals surface area contributed by atoms with Gasteiger partial charge in [0.2, 0.25) is 5.78 Å². The van der Waals surface area contributed by atoms with Crippen molar-refractivity contribution in [3.05, 3.63) is 105 Å². The zero-order chi connectivity index (χ0) is 28.2. The van der Waals surface area contributed by atoms with Gasteiger partial charge in [0, 0.05) is 17.3 Å². The Hall–Kier alpha value is -4.92. The number of aliphatic carboxylic acids is 1. The lowest BCUT2D eigenvalue weighted by molar-refractivity contribution is -0.144. The van der Waals surface area contributed by atoms with E-state index in [1.807, 2.05) is 25.1 Å². The van der Waals surface area contributed by atoms with Gasteiger partial charge in [-0.15, -0.1) is 0 Å². The summed E-state index contributed by atoms with van der Waals surface area (Å²) < 4.78 is 2.52. The van der Waals surface area contributed by atoms with Crippen molar-refractivity contribution < 1.29 is 19.8 Å². The molecule has 0 radical (unpaired) electrons. The van der Waals surface area contributed by atoms with Crippen LogP contribution in [0.1, 0.15) is 48.4 Å². The number of aromatic hydroxyl groups is 1. The van der Waals surface area contributed by atoms with Crippen LogP contribution in [0.3, 0.4) is 0 Å². The predicted octanol–water partition coefficient (Wildman–Crippen LogP) is 4.53. The van der Waals surface area contributed by atoms with E-state index in [1.165, 1.54) is 18.2 Å². The van der Waals surface area contributed by atoms with Crippen LogP contribution in [0.25, 0.3) is 27.5 Å². The molecule has 0 aliphatic rings. The summed E-state index contributed by atoms with van der Waals surface area (Å²) in [5.41, 5.74) is 1.52. The molecule has 5 rings (SSSR count). The van der Waals surface area contributed by atoms with Gasteiger partial charge in [-0.1, -0.05) is 45.0 Å². The summed E-state index contributed by atoms with van der Waals surface area (Å²) in [5, 5.41) is 19.6. The van der Waals surface area contributed by atoms with Gasteiger partial charge in [-0.25, -0.2) is 14.2 Å². The second-order valence-corrected chi connectivity index (χ2v) is 10.7. The number of aromatic amines is 1. The zero-order valence-electron chi connectivity index (χ0n) is 21.9. The number of pyridine rings is 1. The fraction of sp³-hybridized carbons (Fsp3) is 0.200. The number of carbonyl (C=O) groups is 2. The minimum absolute atomic E-state index is 0.100. The predicted molar refractivity (Wildman–Crippen MR) is 148 cm³/mol. The van der Waals surface area contributed by atoms with Crippen molar-refractivity contribution in [3.63, 3.8) is 0 Å². The van der Waals surface area contributed by atoms with Crippen molar-refractivity contribution in [2.45, 2.75) is 33.7 Å². The van der Waals surface area contributed by atoms with Crippen LogP contribution in [0.15, 0.2) is 76.4 Å². The minimum Gasteiger partial charge on any atom is -0.508 e. The van der Waals surface area contributed by atoms with E-state index in [0.29, 0.717) is 5.69 Å². The van der Waals surface area contributed by atoms with E-state index < -0.39 is 28.7 Å². The highest BCUT2D eigenvalue weighted by molar-refractivity contribution is 6.12. The number of nitrogens with one attached hydrogen (secondary N) is 1. The van der Waals surface area contributed by atoms with Gasteiger partial charge in [0.05, 0.1) is 22.1 Å². The van der Waals surface area contributed by atoms with Crippen LogP contribution in [0.5, 0.6) is 5.75 Å². The largest absolute Gasteiger partial charge is 0.508 e. The number of fused-ring (bicyclic) bond motifs is 2. The molecule has 5 aromatic rings. The molecule has 9 heteroatoms. The molecule has 1 unspecified atom stereocenters. The lowest BCUT2D eigenvalue weighted by Crippen LogP contribution is -2.45. The van der Waals surface area contributed by atoms with Crippen molar-refractivity contribution in [1.29, 1.82) is 0 Å². The second-order valence-electron chi connectivity index (χ2n) is 10.7. The Morgan fingerprint density at radius 2 is 1.67 bits per heavy atom. The topological polar surface area (TPSA) is 134 Å². The number of aromatic nitrogens is 3. The highest BCUT2D eigenvalue weighted by Gasteiger charge is 2.35. The number of benzene rings is 2. The molecule has 198 valence electrons. The third-order valence-electron chi connectivity index (χ3n) is 6.96. The number of carboxylic acids is 1. The van der Waals surface area contributed by atoms with Crippen molar-refractivity contribution in [2.24, 2.45) is 5.41 Å². The molecule has 1 atom stereocenters. The van der Waals surface area contributed by atoms with Gasteiger partial charge in [-0.2, -0.15) is 0 Å². The molecule has 0 aliphatic carbocycles. The number of hydrogen-bond donors (Lipinski definition) is 3. The number of phenolic OH excluding ortho intramolecular Hbond substituents is 1. The number of carboxylic acid groups (broad SMARTS) is 1. The molecule has 9 nitrogen and oxygen atoms in total. The summed E-state index contributed by atoms with van der Waals surface area (Å²) in [6, 6.07) is 15.3. The highest BCUT2D eigenvalue weighted by atomic mass is 16.4. The number of nitrogens with zero attached hydrogens (tertiary/aromatic N) is 2. The van der Waals surface area contributed by atoms with Gasteiger partial charge in [0.15, 0.2) is 0 Å². The molecule has 0 spiro atoms. The molecule has 0 fully saturated rings. The van der Waals surface area contributed by atoms with Gasteiger partial charge < -0.3 is 19.6 Å². The molecule has 0 saturated heterocycles. The summed E-state index contributed by atoms with van der Waals surface area (Å²) in [6.45, 7) is 6.77. The maximum absolute atomic E-state index is 13.9. The fourth-order valence-electron chi connectivity index (χ4n) is 5.22. The van der Waals surface area contributed by atoms with Gasteiger partial charge >= 0.3 is 11.7 Å². The lowest BCUT2D eigenvalue weighted by Gasteiger charge is -2.28. The zero-order valence-corrected chi connectivity index (χ0v) is 21.9. The third-order valence-corrected chi connectivity index (χ3v) is 6.96. The summed E-state index contributed by atoms with van der Waals surface area (Å²) in [6.07, 6.45) is 1.79. The number of rotatable bonds is 5. The summed E-state index contributed by atoms with van der Waals surface area (Å²) >= 11 is 0. The van der Waals surface area contributed by atoms with Crippen molar-refractivity contribution >= 4 is 28.2 Å².